The van der Waals surface area contributed by atoms with Gasteiger partial charge in [-0.15, -0.1) is 0 Å². The van der Waals surface area contributed by atoms with Crippen LogP contribution in [0, 0.1) is 17.8 Å². The molecule has 1 aliphatic heterocycles. The van der Waals surface area contributed by atoms with Crippen molar-refractivity contribution in [2.75, 3.05) is 13.1 Å². The van der Waals surface area contributed by atoms with Crippen molar-refractivity contribution in [3.63, 3.8) is 0 Å². The van der Waals surface area contributed by atoms with Gasteiger partial charge in [0.25, 0.3) is 5.91 Å². The SMILES string of the molecule is O=C(CC1CC2CCC1C2)NNC(=O)c1ccc(S(=O)(=O)N2CCCC2)cc1. The molecule has 152 valence electrons. The monoisotopic (exact) mass is 405 g/mol. The summed E-state index contributed by atoms with van der Waals surface area (Å²) >= 11 is 0. The van der Waals surface area contributed by atoms with E-state index in [0.717, 1.165) is 25.2 Å². The zero-order chi connectivity index (χ0) is 19.7. The molecule has 2 saturated carbocycles. The Morgan fingerprint density at radius 3 is 2.32 bits per heavy atom. The summed E-state index contributed by atoms with van der Waals surface area (Å²) in [6.07, 6.45) is 7.10. The van der Waals surface area contributed by atoms with Gasteiger partial charge in [-0.1, -0.05) is 6.42 Å². The first-order valence-corrected chi connectivity index (χ1v) is 11.6. The van der Waals surface area contributed by atoms with Crippen LogP contribution in [-0.4, -0.2) is 37.6 Å². The van der Waals surface area contributed by atoms with Crippen molar-refractivity contribution >= 4 is 21.8 Å². The van der Waals surface area contributed by atoms with Gasteiger partial charge in [0.05, 0.1) is 4.90 Å². The van der Waals surface area contributed by atoms with E-state index in [9.17, 15) is 18.0 Å². The fourth-order valence-corrected chi connectivity index (χ4v) is 6.49. The second-order valence-corrected chi connectivity index (χ2v) is 10.2. The van der Waals surface area contributed by atoms with E-state index in [0.29, 0.717) is 36.9 Å². The number of carbonyl (C=O) groups excluding carboxylic acids is 2. The fourth-order valence-electron chi connectivity index (χ4n) is 4.97. The van der Waals surface area contributed by atoms with Gasteiger partial charge < -0.3 is 0 Å². The van der Waals surface area contributed by atoms with E-state index in [1.54, 1.807) is 0 Å². The van der Waals surface area contributed by atoms with E-state index >= 15 is 0 Å². The summed E-state index contributed by atoms with van der Waals surface area (Å²) < 4.78 is 26.5. The van der Waals surface area contributed by atoms with Gasteiger partial charge in [-0.2, -0.15) is 4.31 Å². The van der Waals surface area contributed by atoms with E-state index in [2.05, 4.69) is 10.9 Å². The van der Waals surface area contributed by atoms with Crippen molar-refractivity contribution in [3.05, 3.63) is 29.8 Å². The summed E-state index contributed by atoms with van der Waals surface area (Å²) in [4.78, 5) is 24.6. The molecule has 0 spiro atoms. The number of sulfonamides is 1. The van der Waals surface area contributed by atoms with Gasteiger partial charge in [-0.25, -0.2) is 8.42 Å². The highest BCUT2D eigenvalue weighted by Gasteiger charge is 2.40. The van der Waals surface area contributed by atoms with Crippen molar-refractivity contribution in [2.45, 2.75) is 49.8 Å². The quantitative estimate of drug-likeness (QED) is 0.733. The van der Waals surface area contributed by atoms with Crippen molar-refractivity contribution < 1.29 is 18.0 Å². The first kappa shape index (κ1) is 19.4. The Morgan fingerprint density at radius 2 is 1.71 bits per heavy atom. The molecule has 2 amide bonds. The smallest absolute Gasteiger partial charge is 0.269 e. The summed E-state index contributed by atoms with van der Waals surface area (Å²) in [6.45, 7) is 1.08. The Bertz CT molecular complexity index is 847. The highest BCUT2D eigenvalue weighted by Crippen LogP contribution is 2.49. The molecule has 1 heterocycles. The van der Waals surface area contributed by atoms with Crippen molar-refractivity contribution in [2.24, 2.45) is 17.8 Å². The van der Waals surface area contributed by atoms with Crippen LogP contribution in [0.1, 0.15) is 55.3 Å². The molecule has 1 aromatic rings. The molecule has 2 aliphatic carbocycles. The molecule has 3 aliphatic rings. The first-order valence-electron chi connectivity index (χ1n) is 10.1. The molecule has 7 nitrogen and oxygen atoms in total. The third-order valence-electron chi connectivity index (χ3n) is 6.47. The minimum Gasteiger partial charge on any atom is -0.273 e. The average Bonchev–Trinajstić information content (AvgIpc) is 3.44. The van der Waals surface area contributed by atoms with E-state index in [4.69, 9.17) is 0 Å². The van der Waals surface area contributed by atoms with Crippen LogP contribution in [0.25, 0.3) is 0 Å². The predicted octanol–water partition coefficient (Wildman–Crippen LogP) is 2.06. The van der Waals surface area contributed by atoms with E-state index in [-0.39, 0.29) is 10.8 Å². The summed E-state index contributed by atoms with van der Waals surface area (Å²) in [5, 5.41) is 0. The van der Waals surface area contributed by atoms with Gasteiger partial charge in [-0.3, -0.25) is 20.4 Å². The number of hydrazine groups is 1. The Labute approximate surface area is 165 Å². The molecule has 2 bridgehead atoms. The topological polar surface area (TPSA) is 95.6 Å². The molecular weight excluding hydrogens is 378 g/mol. The van der Waals surface area contributed by atoms with Gasteiger partial charge in [0, 0.05) is 25.1 Å². The third kappa shape index (κ3) is 3.93. The second kappa shape index (κ2) is 7.83. The molecule has 4 rings (SSSR count). The highest BCUT2D eigenvalue weighted by molar-refractivity contribution is 7.89. The van der Waals surface area contributed by atoms with Crippen molar-refractivity contribution in [3.8, 4) is 0 Å². The summed E-state index contributed by atoms with van der Waals surface area (Å²) in [5.41, 5.74) is 5.23. The number of amides is 2. The lowest BCUT2D eigenvalue weighted by Crippen LogP contribution is -2.42. The van der Waals surface area contributed by atoms with Crippen LogP contribution in [0.15, 0.2) is 29.2 Å². The zero-order valence-electron chi connectivity index (χ0n) is 15.9. The molecule has 1 aromatic carbocycles. The lowest BCUT2D eigenvalue weighted by molar-refractivity contribution is -0.123. The lowest BCUT2D eigenvalue weighted by atomic mass is 9.86. The molecule has 3 fully saturated rings. The van der Waals surface area contributed by atoms with Crippen LogP contribution < -0.4 is 10.9 Å². The largest absolute Gasteiger partial charge is 0.273 e. The normalized spacial score (nSPS) is 27.1. The number of rotatable bonds is 5. The van der Waals surface area contributed by atoms with Crippen LogP contribution in [0.2, 0.25) is 0 Å². The van der Waals surface area contributed by atoms with Gasteiger partial charge in [-0.05, 0) is 74.1 Å². The minimum atomic E-state index is -3.49. The number of hydrogen-bond acceptors (Lipinski definition) is 4. The Hall–Kier alpha value is -1.93. The number of carbonyl (C=O) groups is 2. The lowest BCUT2D eigenvalue weighted by Gasteiger charge is -2.20. The molecule has 0 radical (unpaired) electrons. The van der Waals surface area contributed by atoms with Crippen LogP contribution in [0.4, 0.5) is 0 Å². The van der Waals surface area contributed by atoms with Gasteiger partial charge in [0.15, 0.2) is 0 Å². The number of nitrogens with one attached hydrogen (secondary N) is 2. The van der Waals surface area contributed by atoms with Gasteiger partial charge in [0.2, 0.25) is 15.9 Å². The molecule has 8 heteroatoms. The zero-order valence-corrected chi connectivity index (χ0v) is 16.7. The molecule has 28 heavy (non-hydrogen) atoms. The Balaban J connectivity index is 1.29. The maximum Gasteiger partial charge on any atom is 0.269 e. The number of nitrogens with zero attached hydrogens (tertiary/aromatic N) is 1. The third-order valence-corrected chi connectivity index (χ3v) is 8.38. The minimum absolute atomic E-state index is 0.167. The fraction of sp³-hybridized carbons (Fsp3) is 0.600. The molecule has 3 atom stereocenters. The van der Waals surface area contributed by atoms with Gasteiger partial charge in [0.1, 0.15) is 0 Å². The highest BCUT2D eigenvalue weighted by atomic mass is 32.2. The number of benzene rings is 1. The number of hydrogen-bond donors (Lipinski definition) is 2. The van der Waals surface area contributed by atoms with E-state index in [1.165, 1.54) is 47.8 Å². The summed E-state index contributed by atoms with van der Waals surface area (Å²) in [7, 11) is -3.49. The molecular formula is C20H27N3O4S. The van der Waals surface area contributed by atoms with Crippen LogP contribution in [0.5, 0.6) is 0 Å². The summed E-state index contributed by atoms with van der Waals surface area (Å²) in [5.74, 6) is 1.26. The van der Waals surface area contributed by atoms with E-state index in [1.807, 2.05) is 0 Å². The van der Waals surface area contributed by atoms with Gasteiger partial charge >= 0.3 is 0 Å². The van der Waals surface area contributed by atoms with E-state index < -0.39 is 15.9 Å². The molecule has 2 N–H and O–H groups in total. The van der Waals surface area contributed by atoms with Crippen LogP contribution >= 0.6 is 0 Å². The average molecular weight is 406 g/mol. The maximum absolute atomic E-state index is 12.5. The van der Waals surface area contributed by atoms with Crippen molar-refractivity contribution in [1.29, 1.82) is 0 Å². The maximum atomic E-state index is 12.5. The molecule has 3 unspecified atom stereocenters. The Morgan fingerprint density at radius 1 is 1.00 bits per heavy atom. The van der Waals surface area contributed by atoms with Crippen molar-refractivity contribution in [1.82, 2.24) is 15.2 Å². The predicted molar refractivity (Wildman–Crippen MR) is 104 cm³/mol. The van der Waals surface area contributed by atoms with Crippen LogP contribution in [-0.2, 0) is 14.8 Å². The second-order valence-electron chi connectivity index (χ2n) is 8.28. The molecule has 1 saturated heterocycles. The summed E-state index contributed by atoms with van der Waals surface area (Å²) in [6, 6.07) is 5.83. The Kier molecular flexibility index (Phi) is 5.42. The van der Waals surface area contributed by atoms with Crippen LogP contribution in [0.3, 0.4) is 0 Å². The number of fused-ring (bicyclic) bond motifs is 2. The first-order chi connectivity index (χ1) is 13.4. The standard InChI is InChI=1S/C20H27N3O4S/c24-19(13-17-12-14-3-4-16(17)11-14)21-22-20(25)15-5-7-18(8-6-15)28(26,27)23-9-1-2-10-23/h5-8,14,16-17H,1-4,9-13H2,(H,21,24)(H,22,25). The molecule has 0 aromatic heterocycles.